The van der Waals surface area contributed by atoms with Gasteiger partial charge in [-0.1, -0.05) is 12.1 Å². The molecule has 13 heteroatoms. The number of likely N-dealkylation sites (N-methyl/N-ethyl adjacent to an activating group) is 1. The van der Waals surface area contributed by atoms with Crippen molar-refractivity contribution < 1.29 is 27.5 Å². The Morgan fingerprint density at radius 2 is 1.88 bits per heavy atom. The fraction of sp³-hybridized carbons (Fsp3) is 0.500. The molecule has 6 rings (SSSR count). The molecule has 3 amide bonds. The highest BCUT2D eigenvalue weighted by Crippen LogP contribution is 2.31. The smallest absolute Gasteiger partial charge is 0.251 e. The van der Waals surface area contributed by atoms with Crippen LogP contribution in [0.15, 0.2) is 42.6 Å². The van der Waals surface area contributed by atoms with Crippen LogP contribution in [-0.4, -0.2) is 117 Å². The van der Waals surface area contributed by atoms with Gasteiger partial charge in [-0.2, -0.15) is 0 Å². The Hall–Kier alpha value is -3.55. The first-order chi connectivity index (χ1) is 19.6. The zero-order valence-electron chi connectivity index (χ0n) is 23.3. The van der Waals surface area contributed by atoms with Crippen LogP contribution in [0.2, 0.25) is 0 Å². The Bertz CT molecular complexity index is 1400. The molecule has 1 saturated heterocycles. The molecule has 0 unspecified atom stereocenters. The van der Waals surface area contributed by atoms with Gasteiger partial charge < -0.3 is 24.8 Å². The van der Waals surface area contributed by atoms with E-state index < -0.39 is 22.1 Å². The number of aromatic nitrogens is 1. The Morgan fingerprint density at radius 1 is 1.15 bits per heavy atom. The van der Waals surface area contributed by atoms with E-state index in [1.54, 1.807) is 66.5 Å². The molecule has 2 atom stereocenters. The van der Waals surface area contributed by atoms with Crippen molar-refractivity contribution in [3.63, 3.8) is 0 Å². The summed E-state index contributed by atoms with van der Waals surface area (Å²) in [5, 5.41) is 2.46. The lowest BCUT2D eigenvalue weighted by molar-refractivity contribution is -0.141. The van der Waals surface area contributed by atoms with Gasteiger partial charge in [-0.05, 0) is 57.6 Å². The number of carbonyl (C=O) groups is 3. The molecule has 220 valence electrons. The molecule has 41 heavy (non-hydrogen) atoms. The molecule has 1 saturated carbocycles. The van der Waals surface area contributed by atoms with Crippen molar-refractivity contribution in [3.05, 3.63) is 48.2 Å². The normalized spacial score (nSPS) is 22.1. The van der Waals surface area contributed by atoms with Gasteiger partial charge in [-0.3, -0.25) is 19.4 Å². The third kappa shape index (κ3) is 7.03. The van der Waals surface area contributed by atoms with Crippen molar-refractivity contribution in [2.24, 2.45) is 0 Å². The molecule has 1 aromatic heterocycles. The summed E-state index contributed by atoms with van der Waals surface area (Å²) in [7, 11) is 0.0679. The van der Waals surface area contributed by atoms with Crippen LogP contribution in [0, 0.1) is 0 Å². The van der Waals surface area contributed by atoms with E-state index in [2.05, 4.69) is 15.0 Å². The Kier molecular flexibility index (Phi) is 8.57. The SMILES string of the molecule is CN(C)CC(=O)N1CCNC(=O)c2ccc(cc2)-c2ncccc2OC[C@@H]2C[C@H](NS(=O)(=O)C3CC3)CN2C(=O)C1. The molecule has 12 nitrogen and oxygen atoms in total. The molecule has 4 heterocycles. The van der Waals surface area contributed by atoms with Gasteiger partial charge in [0.2, 0.25) is 21.8 Å². The van der Waals surface area contributed by atoms with Gasteiger partial charge in [0.1, 0.15) is 18.1 Å². The predicted molar refractivity (Wildman–Crippen MR) is 152 cm³/mol. The highest BCUT2D eigenvalue weighted by atomic mass is 32.2. The van der Waals surface area contributed by atoms with Gasteiger partial charge in [0.05, 0.1) is 24.4 Å². The Balaban J connectivity index is 1.44. The first kappa shape index (κ1) is 29.0. The summed E-state index contributed by atoms with van der Waals surface area (Å²) < 4.78 is 34.4. The first-order valence-electron chi connectivity index (χ1n) is 13.8. The van der Waals surface area contributed by atoms with Crippen LogP contribution >= 0.6 is 0 Å². The number of fused-ring (bicyclic) bond motifs is 9. The molecule has 4 aliphatic rings. The second-order valence-electron chi connectivity index (χ2n) is 11.0. The summed E-state index contributed by atoms with van der Waals surface area (Å²) >= 11 is 0. The van der Waals surface area contributed by atoms with E-state index in [-0.39, 0.29) is 62.3 Å². The molecule has 0 spiro atoms. The molecule has 2 bridgehead atoms. The van der Waals surface area contributed by atoms with Crippen LogP contribution < -0.4 is 14.8 Å². The van der Waals surface area contributed by atoms with E-state index in [9.17, 15) is 22.8 Å². The second kappa shape index (κ2) is 12.1. The van der Waals surface area contributed by atoms with Crippen molar-refractivity contribution in [2.75, 3.05) is 53.4 Å². The fourth-order valence-corrected chi connectivity index (χ4v) is 6.77. The van der Waals surface area contributed by atoms with E-state index >= 15 is 0 Å². The molecule has 3 aliphatic heterocycles. The minimum absolute atomic E-state index is 0.100. The zero-order chi connectivity index (χ0) is 29.1. The summed E-state index contributed by atoms with van der Waals surface area (Å²) in [6.45, 7) is 0.497. The zero-order valence-corrected chi connectivity index (χ0v) is 24.1. The van der Waals surface area contributed by atoms with Crippen molar-refractivity contribution in [2.45, 2.75) is 36.6 Å². The van der Waals surface area contributed by atoms with Crippen molar-refractivity contribution in [1.82, 2.24) is 29.7 Å². The van der Waals surface area contributed by atoms with Crippen LogP contribution in [0.1, 0.15) is 29.6 Å². The summed E-state index contributed by atoms with van der Waals surface area (Å²) in [5.41, 5.74) is 1.81. The third-order valence-corrected chi connectivity index (χ3v) is 9.46. The van der Waals surface area contributed by atoms with E-state index in [0.29, 0.717) is 36.3 Å². The topological polar surface area (TPSA) is 141 Å². The number of nitrogens with one attached hydrogen (secondary N) is 2. The average molecular weight is 585 g/mol. The quantitative estimate of drug-likeness (QED) is 0.512. The largest absolute Gasteiger partial charge is 0.489 e. The molecular weight excluding hydrogens is 548 g/mol. The summed E-state index contributed by atoms with van der Waals surface area (Å²) in [6.07, 6.45) is 3.31. The summed E-state index contributed by atoms with van der Waals surface area (Å²) in [6, 6.07) is 9.64. The van der Waals surface area contributed by atoms with Crippen LogP contribution in [0.5, 0.6) is 5.75 Å². The standard InChI is InChI=1S/C28H36N6O6S/c1-32(2)16-25(35)33-13-12-30-28(37)20-7-5-19(6-8-20)27-24(4-3-11-29-27)40-18-22-14-21(15-34(22)26(36)17-33)31-41(38,39)23-9-10-23/h3-8,11,21-23,31H,9-10,12-18H2,1-2H3,(H,30,37)/t21-,22-/m0/s1. The molecule has 1 aliphatic carbocycles. The van der Waals surface area contributed by atoms with Gasteiger partial charge in [-0.25, -0.2) is 13.1 Å². The maximum absolute atomic E-state index is 13.7. The molecule has 1 aromatic carbocycles. The van der Waals surface area contributed by atoms with Crippen molar-refractivity contribution >= 4 is 27.7 Å². The van der Waals surface area contributed by atoms with Crippen molar-refractivity contribution in [3.8, 4) is 17.0 Å². The van der Waals surface area contributed by atoms with E-state index in [1.807, 2.05) is 0 Å². The minimum atomic E-state index is -3.46. The minimum Gasteiger partial charge on any atom is -0.489 e. The number of amides is 3. The van der Waals surface area contributed by atoms with Crippen LogP contribution in [0.25, 0.3) is 11.3 Å². The molecular formula is C28H36N6O6S. The molecule has 2 N–H and O–H groups in total. The average Bonchev–Trinajstić information content (AvgIpc) is 3.73. The highest BCUT2D eigenvalue weighted by Gasteiger charge is 2.42. The van der Waals surface area contributed by atoms with Gasteiger partial charge >= 0.3 is 0 Å². The maximum Gasteiger partial charge on any atom is 0.251 e. The van der Waals surface area contributed by atoms with Gasteiger partial charge in [-0.15, -0.1) is 0 Å². The predicted octanol–water partition coefficient (Wildman–Crippen LogP) is 0.312. The van der Waals surface area contributed by atoms with E-state index in [0.717, 1.165) is 5.56 Å². The fourth-order valence-electron chi connectivity index (χ4n) is 5.18. The number of hydrogen-bond donors (Lipinski definition) is 2. The van der Waals surface area contributed by atoms with E-state index in [1.165, 1.54) is 4.90 Å². The number of nitrogens with zero attached hydrogens (tertiary/aromatic N) is 4. The third-order valence-electron chi connectivity index (χ3n) is 7.45. The Morgan fingerprint density at radius 3 is 2.59 bits per heavy atom. The maximum atomic E-state index is 13.7. The van der Waals surface area contributed by atoms with Crippen LogP contribution in [-0.2, 0) is 19.6 Å². The molecule has 2 fully saturated rings. The Labute approximate surface area is 240 Å². The molecule has 2 aromatic rings. The lowest BCUT2D eigenvalue weighted by atomic mass is 10.1. The van der Waals surface area contributed by atoms with Crippen molar-refractivity contribution in [1.29, 1.82) is 0 Å². The van der Waals surface area contributed by atoms with Gasteiger partial charge in [0.15, 0.2) is 0 Å². The molecule has 0 radical (unpaired) electrons. The summed E-state index contributed by atoms with van der Waals surface area (Å²) in [5.74, 6) is -0.354. The number of ether oxygens (including phenoxy) is 1. The summed E-state index contributed by atoms with van der Waals surface area (Å²) in [4.78, 5) is 48.8. The highest BCUT2D eigenvalue weighted by molar-refractivity contribution is 7.90. The number of benzene rings is 1. The first-order valence-corrected chi connectivity index (χ1v) is 15.3. The number of hydrogen-bond acceptors (Lipinski definition) is 8. The number of sulfonamides is 1. The number of pyridine rings is 1. The van der Waals surface area contributed by atoms with Crippen LogP contribution in [0.4, 0.5) is 0 Å². The lowest BCUT2D eigenvalue weighted by Gasteiger charge is -2.29. The number of rotatable bonds is 5. The van der Waals surface area contributed by atoms with Crippen LogP contribution in [0.3, 0.4) is 0 Å². The second-order valence-corrected chi connectivity index (χ2v) is 13.0. The van der Waals surface area contributed by atoms with E-state index in [4.69, 9.17) is 4.74 Å². The monoisotopic (exact) mass is 584 g/mol. The number of carbonyl (C=O) groups excluding carboxylic acids is 3. The van der Waals surface area contributed by atoms with Gasteiger partial charge in [0, 0.05) is 43.0 Å². The lowest BCUT2D eigenvalue weighted by Crippen LogP contribution is -2.50. The van der Waals surface area contributed by atoms with Gasteiger partial charge in [0.25, 0.3) is 5.91 Å².